The van der Waals surface area contributed by atoms with Gasteiger partial charge in [-0.15, -0.1) is 15.6 Å². The lowest BCUT2D eigenvalue weighted by molar-refractivity contribution is -0.0307. The van der Waals surface area contributed by atoms with E-state index in [0.29, 0.717) is 26.1 Å². The number of ether oxygens (including phenoxy) is 1. The molecular weight excluding hydrogens is 410 g/mol. The van der Waals surface area contributed by atoms with Crippen LogP contribution in [0.4, 0.5) is 9.59 Å². The number of hydroxylamine groups is 2. The predicted molar refractivity (Wildman–Crippen MR) is 97.7 cm³/mol. The van der Waals surface area contributed by atoms with Crippen molar-refractivity contribution in [3.63, 3.8) is 0 Å². The van der Waals surface area contributed by atoms with Crippen LogP contribution in [-0.2, 0) is 38.9 Å². The van der Waals surface area contributed by atoms with Crippen molar-refractivity contribution in [1.82, 2.24) is 14.9 Å². The van der Waals surface area contributed by atoms with Gasteiger partial charge in [0, 0.05) is 22.8 Å². The number of carbonyl (C=O) groups excluding carboxylic acids is 2. The minimum Gasteiger partial charge on any atom is -0.444 e. The summed E-state index contributed by atoms with van der Waals surface area (Å²) in [5.41, 5.74) is 1.31. The topological polar surface area (TPSA) is 117 Å². The van der Waals surface area contributed by atoms with Crippen molar-refractivity contribution in [2.75, 3.05) is 13.1 Å². The van der Waals surface area contributed by atoms with Crippen molar-refractivity contribution < 1.29 is 31.6 Å². The Morgan fingerprint density at radius 2 is 1.96 bits per heavy atom. The first-order valence-corrected chi connectivity index (χ1v) is 11.0. The summed E-state index contributed by atoms with van der Waals surface area (Å²) in [6.07, 6.45) is 0.274. The van der Waals surface area contributed by atoms with Crippen LogP contribution in [0.3, 0.4) is 0 Å². The maximum absolute atomic E-state index is 12.4. The molecule has 0 saturated carbocycles. The first-order valence-electron chi connectivity index (χ1n) is 8.79. The summed E-state index contributed by atoms with van der Waals surface area (Å²) in [5, 5.41) is 0.717. The standard InChI is InChI=1S/C16H21N3O7S2/c1-16(2,3)25-15(21)17-5-4-12-9(6-17)10-7-18-8-11(13(10)27-12)19(14(18)20)26-28(22,23)24/h11H,4-8H2,1-3H3,(H,22,23,24). The largest absolute Gasteiger partial charge is 0.444 e. The maximum atomic E-state index is 12.4. The van der Waals surface area contributed by atoms with Crippen molar-refractivity contribution in [1.29, 1.82) is 0 Å². The SMILES string of the molecule is CC(C)(C)OC(=O)N1CCc2sc3c(c2C1)CN1CC3N(OS(=O)(=O)O)C1=O. The van der Waals surface area contributed by atoms with E-state index >= 15 is 0 Å². The number of nitrogens with zero attached hydrogens (tertiary/aromatic N) is 3. The van der Waals surface area contributed by atoms with Crippen molar-refractivity contribution in [2.45, 2.75) is 51.9 Å². The summed E-state index contributed by atoms with van der Waals surface area (Å²) >= 11 is 1.50. The van der Waals surface area contributed by atoms with Crippen LogP contribution in [0.5, 0.6) is 0 Å². The van der Waals surface area contributed by atoms with E-state index in [-0.39, 0.29) is 12.6 Å². The van der Waals surface area contributed by atoms with Crippen molar-refractivity contribution >= 4 is 33.9 Å². The Kier molecular flexibility index (Phi) is 4.38. The quantitative estimate of drug-likeness (QED) is 0.713. The third kappa shape index (κ3) is 3.45. The Bertz CT molecular complexity index is 950. The molecule has 0 aromatic carbocycles. The summed E-state index contributed by atoms with van der Waals surface area (Å²) < 4.78 is 41.2. The van der Waals surface area contributed by atoms with Crippen LogP contribution in [0, 0.1) is 0 Å². The van der Waals surface area contributed by atoms with E-state index in [1.165, 1.54) is 16.2 Å². The lowest BCUT2D eigenvalue weighted by Gasteiger charge is -2.31. The second-order valence-corrected chi connectivity index (χ2v) is 10.1. The monoisotopic (exact) mass is 431 g/mol. The van der Waals surface area contributed by atoms with Crippen LogP contribution in [0.2, 0.25) is 0 Å². The van der Waals surface area contributed by atoms with Gasteiger partial charge in [0.1, 0.15) is 11.6 Å². The molecule has 10 nitrogen and oxygen atoms in total. The average molecular weight is 431 g/mol. The number of fused-ring (bicyclic) bond motifs is 6. The fourth-order valence-corrected chi connectivity index (χ4v) is 5.48. The van der Waals surface area contributed by atoms with Crippen molar-refractivity contribution in [3.8, 4) is 0 Å². The fourth-order valence-electron chi connectivity index (χ4n) is 3.72. The number of urea groups is 1. The number of amides is 3. The molecular formula is C16H21N3O7S2. The molecule has 3 amide bonds. The summed E-state index contributed by atoms with van der Waals surface area (Å²) in [5.74, 6) is 0. The molecule has 1 N–H and O–H groups in total. The molecule has 1 atom stereocenters. The van der Waals surface area contributed by atoms with E-state index in [1.54, 1.807) is 4.90 Å². The number of hydrogen-bond donors (Lipinski definition) is 1. The van der Waals surface area contributed by atoms with Gasteiger partial charge in [0.25, 0.3) is 0 Å². The Balaban J connectivity index is 1.62. The van der Waals surface area contributed by atoms with Gasteiger partial charge < -0.3 is 14.5 Å². The van der Waals surface area contributed by atoms with Crippen molar-refractivity contribution in [3.05, 3.63) is 20.9 Å². The van der Waals surface area contributed by atoms with Crippen LogP contribution < -0.4 is 0 Å². The normalized spacial score (nSPS) is 21.6. The molecule has 0 spiro atoms. The number of rotatable bonds is 2. The van der Waals surface area contributed by atoms with Crippen LogP contribution in [0.25, 0.3) is 0 Å². The van der Waals surface area contributed by atoms with E-state index in [0.717, 1.165) is 25.9 Å². The molecule has 2 bridgehead atoms. The van der Waals surface area contributed by atoms with Crippen LogP contribution in [0.1, 0.15) is 47.7 Å². The van der Waals surface area contributed by atoms with E-state index in [4.69, 9.17) is 9.29 Å². The fraction of sp³-hybridized carbons (Fsp3) is 0.625. The van der Waals surface area contributed by atoms with Gasteiger partial charge in [-0.3, -0.25) is 4.55 Å². The highest BCUT2D eigenvalue weighted by Crippen LogP contribution is 2.46. The Morgan fingerprint density at radius 1 is 1.25 bits per heavy atom. The lowest BCUT2D eigenvalue weighted by Crippen LogP contribution is -2.40. The summed E-state index contributed by atoms with van der Waals surface area (Å²) in [4.78, 5) is 29.9. The van der Waals surface area contributed by atoms with E-state index in [2.05, 4.69) is 4.28 Å². The van der Waals surface area contributed by atoms with Crippen LogP contribution in [-0.4, -0.2) is 58.6 Å². The molecule has 154 valence electrons. The van der Waals surface area contributed by atoms with Crippen LogP contribution >= 0.6 is 11.3 Å². The number of carbonyl (C=O) groups is 2. The smallest absolute Gasteiger partial charge is 0.418 e. The molecule has 1 unspecified atom stereocenters. The molecule has 4 rings (SSSR count). The summed E-state index contributed by atoms with van der Waals surface area (Å²) in [6.45, 7) is 6.94. The molecule has 0 aliphatic carbocycles. The zero-order valence-electron chi connectivity index (χ0n) is 15.7. The number of hydrogen-bond acceptors (Lipinski definition) is 7. The molecule has 3 aliphatic heterocycles. The second kappa shape index (κ2) is 6.31. The molecule has 3 aliphatic rings. The first kappa shape index (κ1) is 19.4. The summed E-state index contributed by atoms with van der Waals surface area (Å²) in [6, 6.07) is -1.22. The molecule has 4 heterocycles. The minimum absolute atomic E-state index is 0.288. The average Bonchev–Trinajstić information content (AvgIpc) is 3.04. The number of thiophene rings is 1. The maximum Gasteiger partial charge on any atom is 0.418 e. The molecule has 1 fully saturated rings. The third-order valence-electron chi connectivity index (χ3n) is 4.80. The molecule has 12 heteroatoms. The highest BCUT2D eigenvalue weighted by Gasteiger charge is 2.48. The van der Waals surface area contributed by atoms with Gasteiger partial charge in [0.05, 0.1) is 13.1 Å². The lowest BCUT2D eigenvalue weighted by atomic mass is 9.98. The van der Waals surface area contributed by atoms with Crippen LogP contribution in [0.15, 0.2) is 0 Å². The van der Waals surface area contributed by atoms with Gasteiger partial charge in [-0.05, 0) is 38.3 Å². The Labute approximate surface area is 166 Å². The highest BCUT2D eigenvalue weighted by molar-refractivity contribution is 7.80. The Hall–Kier alpha value is -1.89. The zero-order chi connectivity index (χ0) is 20.4. The molecule has 0 radical (unpaired) electrons. The molecule has 1 aromatic heterocycles. The van der Waals surface area contributed by atoms with Crippen molar-refractivity contribution in [2.24, 2.45) is 0 Å². The first-order chi connectivity index (χ1) is 12.9. The Morgan fingerprint density at radius 3 is 2.61 bits per heavy atom. The minimum atomic E-state index is -4.81. The molecule has 1 saturated heterocycles. The van der Waals surface area contributed by atoms with E-state index < -0.39 is 28.1 Å². The third-order valence-corrected chi connectivity index (χ3v) is 6.59. The summed E-state index contributed by atoms with van der Waals surface area (Å²) in [7, 11) is -4.81. The van der Waals surface area contributed by atoms with Gasteiger partial charge in [-0.25, -0.2) is 9.59 Å². The van der Waals surface area contributed by atoms with Gasteiger partial charge in [-0.1, -0.05) is 0 Å². The van der Waals surface area contributed by atoms with Gasteiger partial charge >= 0.3 is 22.5 Å². The van der Waals surface area contributed by atoms with E-state index in [1.807, 2.05) is 20.8 Å². The van der Waals surface area contributed by atoms with Gasteiger partial charge in [-0.2, -0.15) is 13.5 Å². The molecule has 1 aromatic rings. The molecule has 28 heavy (non-hydrogen) atoms. The van der Waals surface area contributed by atoms with E-state index in [9.17, 15) is 18.0 Å². The van der Waals surface area contributed by atoms with Gasteiger partial charge in [0.2, 0.25) is 0 Å². The zero-order valence-corrected chi connectivity index (χ0v) is 17.3. The predicted octanol–water partition coefficient (Wildman–Crippen LogP) is 2.07. The van der Waals surface area contributed by atoms with Gasteiger partial charge in [0.15, 0.2) is 0 Å². The second-order valence-electron chi connectivity index (χ2n) is 8.01. The highest BCUT2D eigenvalue weighted by atomic mass is 32.3.